The largest absolute Gasteiger partial charge is 0.346 e. The van der Waals surface area contributed by atoms with Crippen LogP contribution in [0.25, 0.3) is 0 Å². The van der Waals surface area contributed by atoms with Crippen LogP contribution in [0.15, 0.2) is 22.9 Å². The monoisotopic (exact) mass is 229 g/mol. The van der Waals surface area contributed by atoms with E-state index < -0.39 is 0 Å². The van der Waals surface area contributed by atoms with E-state index in [0.29, 0.717) is 13.2 Å². The number of halogens is 1. The molecule has 1 aromatic rings. The van der Waals surface area contributed by atoms with Gasteiger partial charge in [0.05, 0.1) is 13.2 Å². The molecule has 0 bridgehead atoms. The molecule has 0 aromatic carbocycles. The van der Waals surface area contributed by atoms with Crippen molar-refractivity contribution < 1.29 is 9.47 Å². The lowest BCUT2D eigenvalue weighted by atomic mass is 10.3. The normalized spacial score (nSPS) is 18.4. The summed E-state index contributed by atoms with van der Waals surface area (Å²) >= 11 is 3.38. The van der Waals surface area contributed by atoms with Crippen molar-refractivity contribution in [2.75, 3.05) is 13.2 Å². The first-order chi connectivity index (χ1) is 5.88. The van der Waals surface area contributed by atoms with Crippen molar-refractivity contribution in [3.63, 3.8) is 0 Å². The van der Waals surface area contributed by atoms with Crippen LogP contribution in [0.4, 0.5) is 0 Å². The molecule has 1 fully saturated rings. The zero-order valence-electron chi connectivity index (χ0n) is 6.37. The molecule has 0 aliphatic carbocycles. The van der Waals surface area contributed by atoms with Crippen molar-refractivity contribution in [2.45, 2.75) is 6.29 Å². The van der Waals surface area contributed by atoms with Crippen LogP contribution in [0.1, 0.15) is 11.9 Å². The Labute approximate surface area is 78.8 Å². The van der Waals surface area contributed by atoms with Crippen molar-refractivity contribution in [3.05, 3.63) is 28.5 Å². The van der Waals surface area contributed by atoms with E-state index in [1.54, 1.807) is 12.4 Å². The molecule has 4 heteroatoms. The lowest BCUT2D eigenvalue weighted by molar-refractivity contribution is -0.0446. The summed E-state index contributed by atoms with van der Waals surface area (Å²) in [6.45, 7) is 1.33. The van der Waals surface area contributed by atoms with Crippen LogP contribution in [0.3, 0.4) is 0 Å². The predicted octanol–water partition coefficient (Wildman–Crippen LogP) is 1.89. The summed E-state index contributed by atoms with van der Waals surface area (Å²) in [5, 5.41) is 0. The van der Waals surface area contributed by atoms with E-state index in [2.05, 4.69) is 20.9 Å². The summed E-state index contributed by atoms with van der Waals surface area (Å²) in [5.41, 5.74) is 1.00. The molecular weight excluding hydrogens is 222 g/mol. The maximum Gasteiger partial charge on any atom is 0.185 e. The van der Waals surface area contributed by atoms with Crippen LogP contribution in [0.5, 0.6) is 0 Å². The second-order valence-corrected chi connectivity index (χ2v) is 3.33. The summed E-state index contributed by atoms with van der Waals surface area (Å²) in [7, 11) is 0. The van der Waals surface area contributed by atoms with Crippen molar-refractivity contribution in [3.8, 4) is 0 Å². The first-order valence-electron chi connectivity index (χ1n) is 3.70. The molecule has 2 rings (SSSR count). The maximum atomic E-state index is 5.34. The number of aromatic nitrogens is 1. The Balaban J connectivity index is 2.26. The molecule has 2 heterocycles. The zero-order chi connectivity index (χ0) is 8.39. The van der Waals surface area contributed by atoms with Crippen molar-refractivity contribution >= 4 is 15.9 Å². The van der Waals surface area contributed by atoms with Gasteiger partial charge in [-0.1, -0.05) is 0 Å². The lowest BCUT2D eigenvalue weighted by Crippen LogP contribution is -1.98. The van der Waals surface area contributed by atoms with Crippen LogP contribution in [-0.4, -0.2) is 18.2 Å². The number of ether oxygens (including phenoxy) is 2. The van der Waals surface area contributed by atoms with Crippen molar-refractivity contribution in [1.29, 1.82) is 0 Å². The van der Waals surface area contributed by atoms with Gasteiger partial charge in [-0.3, -0.25) is 4.98 Å². The quantitative estimate of drug-likeness (QED) is 0.738. The zero-order valence-corrected chi connectivity index (χ0v) is 7.95. The van der Waals surface area contributed by atoms with E-state index in [0.717, 1.165) is 10.0 Å². The molecule has 1 saturated heterocycles. The van der Waals surface area contributed by atoms with Crippen LogP contribution in [0.2, 0.25) is 0 Å². The van der Waals surface area contributed by atoms with E-state index in [9.17, 15) is 0 Å². The average Bonchev–Trinajstić information content (AvgIpc) is 2.57. The van der Waals surface area contributed by atoms with Gasteiger partial charge in [0.2, 0.25) is 0 Å². The molecule has 12 heavy (non-hydrogen) atoms. The summed E-state index contributed by atoms with van der Waals surface area (Å²) < 4.78 is 11.6. The molecule has 0 saturated carbocycles. The van der Waals surface area contributed by atoms with E-state index >= 15 is 0 Å². The van der Waals surface area contributed by atoms with Gasteiger partial charge in [0.25, 0.3) is 0 Å². The Bertz CT molecular complexity index is 274. The molecule has 0 atom stereocenters. The Morgan fingerprint density at radius 1 is 1.42 bits per heavy atom. The third-order valence-electron chi connectivity index (χ3n) is 1.68. The van der Waals surface area contributed by atoms with Crippen LogP contribution in [-0.2, 0) is 9.47 Å². The molecule has 0 spiro atoms. The molecule has 64 valence electrons. The first kappa shape index (κ1) is 8.16. The highest BCUT2D eigenvalue weighted by molar-refractivity contribution is 9.10. The van der Waals surface area contributed by atoms with Crippen molar-refractivity contribution in [2.24, 2.45) is 0 Å². The lowest BCUT2D eigenvalue weighted by Gasteiger charge is -2.09. The predicted molar refractivity (Wildman–Crippen MR) is 46.6 cm³/mol. The summed E-state index contributed by atoms with van der Waals surface area (Å²) in [6, 6.07) is 1.89. The van der Waals surface area contributed by atoms with E-state index in [1.807, 2.05) is 6.07 Å². The van der Waals surface area contributed by atoms with Gasteiger partial charge in [0.1, 0.15) is 0 Å². The second-order valence-electron chi connectivity index (χ2n) is 2.47. The second kappa shape index (κ2) is 3.51. The minimum atomic E-state index is -0.220. The number of hydrogen-bond acceptors (Lipinski definition) is 3. The Morgan fingerprint density at radius 3 is 2.83 bits per heavy atom. The molecule has 0 radical (unpaired) electrons. The van der Waals surface area contributed by atoms with Gasteiger partial charge in [-0.25, -0.2) is 0 Å². The minimum absolute atomic E-state index is 0.220. The van der Waals surface area contributed by atoms with E-state index in [-0.39, 0.29) is 6.29 Å². The molecule has 0 unspecified atom stereocenters. The van der Waals surface area contributed by atoms with Gasteiger partial charge < -0.3 is 9.47 Å². The fourth-order valence-electron chi connectivity index (χ4n) is 1.12. The SMILES string of the molecule is Brc1cnccc1C1OCCO1. The Kier molecular flexibility index (Phi) is 2.39. The Hall–Kier alpha value is -0.450. The average molecular weight is 230 g/mol. The molecule has 1 aliphatic heterocycles. The van der Waals surface area contributed by atoms with Crippen LogP contribution < -0.4 is 0 Å². The van der Waals surface area contributed by atoms with Crippen LogP contribution >= 0.6 is 15.9 Å². The number of hydrogen-bond donors (Lipinski definition) is 0. The number of nitrogens with zero attached hydrogens (tertiary/aromatic N) is 1. The van der Waals surface area contributed by atoms with Gasteiger partial charge >= 0.3 is 0 Å². The smallest absolute Gasteiger partial charge is 0.185 e. The highest BCUT2D eigenvalue weighted by atomic mass is 79.9. The Morgan fingerprint density at radius 2 is 2.17 bits per heavy atom. The van der Waals surface area contributed by atoms with Gasteiger partial charge in [-0.05, 0) is 22.0 Å². The fraction of sp³-hybridized carbons (Fsp3) is 0.375. The molecular formula is C8H8BrNO2. The summed E-state index contributed by atoms with van der Waals surface area (Å²) in [6.07, 6.45) is 3.24. The van der Waals surface area contributed by atoms with Gasteiger partial charge in [-0.2, -0.15) is 0 Å². The molecule has 3 nitrogen and oxygen atoms in total. The van der Waals surface area contributed by atoms with Crippen LogP contribution in [0, 0.1) is 0 Å². The standard InChI is InChI=1S/C8H8BrNO2/c9-7-5-10-2-1-6(7)8-11-3-4-12-8/h1-2,5,8H,3-4H2. The number of pyridine rings is 1. The highest BCUT2D eigenvalue weighted by Gasteiger charge is 2.19. The van der Waals surface area contributed by atoms with Gasteiger partial charge in [-0.15, -0.1) is 0 Å². The number of rotatable bonds is 1. The van der Waals surface area contributed by atoms with E-state index in [1.165, 1.54) is 0 Å². The third-order valence-corrected chi connectivity index (χ3v) is 2.34. The maximum absolute atomic E-state index is 5.34. The van der Waals surface area contributed by atoms with Gasteiger partial charge in [0.15, 0.2) is 6.29 Å². The van der Waals surface area contributed by atoms with Crippen molar-refractivity contribution in [1.82, 2.24) is 4.98 Å². The topological polar surface area (TPSA) is 31.4 Å². The molecule has 1 aliphatic rings. The highest BCUT2D eigenvalue weighted by Crippen LogP contribution is 2.28. The van der Waals surface area contributed by atoms with Gasteiger partial charge in [0, 0.05) is 22.4 Å². The molecule has 0 N–H and O–H groups in total. The minimum Gasteiger partial charge on any atom is -0.346 e. The van der Waals surface area contributed by atoms with E-state index in [4.69, 9.17) is 9.47 Å². The first-order valence-corrected chi connectivity index (χ1v) is 4.50. The summed E-state index contributed by atoms with van der Waals surface area (Å²) in [5.74, 6) is 0. The molecule has 0 amide bonds. The third kappa shape index (κ3) is 1.50. The fourth-order valence-corrected chi connectivity index (χ4v) is 1.55. The molecule has 1 aromatic heterocycles. The summed E-state index contributed by atoms with van der Waals surface area (Å²) in [4.78, 5) is 3.96.